The summed E-state index contributed by atoms with van der Waals surface area (Å²) in [4.78, 5) is 24.9. The van der Waals surface area contributed by atoms with Crippen molar-refractivity contribution in [3.63, 3.8) is 0 Å². The van der Waals surface area contributed by atoms with E-state index >= 15 is 0 Å². The normalized spacial score (nSPS) is 16.0. The average molecular weight is 466 g/mol. The van der Waals surface area contributed by atoms with Crippen LogP contribution in [-0.2, 0) is 4.79 Å². The van der Waals surface area contributed by atoms with Crippen LogP contribution in [0.15, 0.2) is 36.5 Å². The summed E-state index contributed by atoms with van der Waals surface area (Å²) in [5, 5.41) is 12.6. The molecule has 2 aromatic carbocycles. The molecule has 1 atom stereocenters. The summed E-state index contributed by atoms with van der Waals surface area (Å²) in [6.45, 7) is 0.00522. The molecular formula is C24H22N2O8. The Morgan fingerprint density at radius 1 is 1.12 bits per heavy atom. The third-order valence-corrected chi connectivity index (χ3v) is 5.98. The van der Waals surface area contributed by atoms with E-state index in [1.54, 1.807) is 29.9 Å². The topological polar surface area (TPSA) is 117 Å². The molecule has 1 amide bonds. The predicted octanol–water partition coefficient (Wildman–Crippen LogP) is 3.40. The summed E-state index contributed by atoms with van der Waals surface area (Å²) < 4.78 is 29.5. The number of aromatic carboxylic acids is 1. The van der Waals surface area contributed by atoms with Crippen molar-refractivity contribution in [2.45, 2.75) is 12.3 Å². The third-order valence-electron chi connectivity index (χ3n) is 5.98. The zero-order valence-corrected chi connectivity index (χ0v) is 18.7. The fourth-order valence-corrected chi connectivity index (χ4v) is 4.52. The number of ether oxygens (including phenoxy) is 5. The second-order valence-electron chi connectivity index (χ2n) is 7.75. The van der Waals surface area contributed by atoms with Gasteiger partial charge >= 0.3 is 5.97 Å². The minimum Gasteiger partial charge on any atom is -0.497 e. The lowest BCUT2D eigenvalue weighted by Gasteiger charge is -2.28. The number of nitrogens with one attached hydrogen (secondary N) is 1. The minimum atomic E-state index is -1.16. The van der Waals surface area contributed by atoms with Crippen molar-refractivity contribution < 1.29 is 38.4 Å². The number of carbonyl (C=O) groups excluding carboxylic acids is 1. The Hall–Kier alpha value is -4.34. The number of nitrogens with zero attached hydrogens (tertiary/aromatic N) is 1. The van der Waals surface area contributed by atoms with E-state index in [2.05, 4.69) is 5.32 Å². The van der Waals surface area contributed by atoms with Crippen LogP contribution in [0.2, 0.25) is 0 Å². The molecule has 10 nitrogen and oxygen atoms in total. The number of hydrogen-bond acceptors (Lipinski definition) is 7. The lowest BCUT2D eigenvalue weighted by atomic mass is 9.87. The van der Waals surface area contributed by atoms with Crippen molar-refractivity contribution in [2.24, 2.45) is 0 Å². The number of methoxy groups -OCH3 is 3. The number of anilines is 1. The van der Waals surface area contributed by atoms with Gasteiger partial charge in [0.2, 0.25) is 24.2 Å². The fraction of sp³-hybridized carbons (Fsp3) is 0.250. The number of benzene rings is 2. The molecule has 2 aliphatic heterocycles. The van der Waals surface area contributed by atoms with Crippen molar-refractivity contribution in [1.29, 1.82) is 0 Å². The second-order valence-corrected chi connectivity index (χ2v) is 7.75. The van der Waals surface area contributed by atoms with Crippen molar-refractivity contribution in [3.05, 3.63) is 53.3 Å². The molecule has 0 spiro atoms. The Bertz CT molecular complexity index is 1310. The summed E-state index contributed by atoms with van der Waals surface area (Å²) in [5.41, 5.74) is 2.08. The van der Waals surface area contributed by atoms with Crippen molar-refractivity contribution >= 4 is 17.6 Å². The van der Waals surface area contributed by atoms with Gasteiger partial charge in [0.05, 0.1) is 32.7 Å². The maximum Gasteiger partial charge on any atom is 0.339 e. The smallest absolute Gasteiger partial charge is 0.339 e. The van der Waals surface area contributed by atoms with Gasteiger partial charge < -0.3 is 38.7 Å². The first-order valence-electron chi connectivity index (χ1n) is 10.4. The van der Waals surface area contributed by atoms with Crippen LogP contribution in [0.1, 0.15) is 34.0 Å². The number of carboxylic acid groups (broad SMARTS) is 1. The molecule has 1 aromatic heterocycles. The highest BCUT2D eigenvalue weighted by Gasteiger charge is 2.38. The molecule has 10 heteroatoms. The molecule has 2 aliphatic rings. The first-order valence-corrected chi connectivity index (χ1v) is 10.4. The molecule has 0 saturated carbocycles. The van der Waals surface area contributed by atoms with Gasteiger partial charge in [-0.05, 0) is 18.2 Å². The van der Waals surface area contributed by atoms with Gasteiger partial charge in [0.15, 0.2) is 11.5 Å². The first-order chi connectivity index (χ1) is 16.5. The summed E-state index contributed by atoms with van der Waals surface area (Å²) in [7, 11) is 4.56. The van der Waals surface area contributed by atoms with Crippen LogP contribution in [-0.4, -0.2) is 49.7 Å². The number of carbonyl (C=O) groups is 2. The predicted molar refractivity (Wildman–Crippen MR) is 120 cm³/mol. The maximum absolute atomic E-state index is 12.8. The molecular weight excluding hydrogens is 444 g/mol. The highest BCUT2D eigenvalue weighted by molar-refractivity contribution is 6.04. The molecule has 0 radical (unpaired) electrons. The molecule has 176 valence electrons. The zero-order valence-electron chi connectivity index (χ0n) is 18.7. The number of carboxylic acids is 1. The van der Waals surface area contributed by atoms with Crippen molar-refractivity contribution in [3.8, 4) is 34.4 Å². The number of amides is 1. The summed E-state index contributed by atoms with van der Waals surface area (Å²) in [5.74, 6) is 0.177. The van der Waals surface area contributed by atoms with E-state index in [1.165, 1.54) is 20.4 Å². The van der Waals surface area contributed by atoms with Gasteiger partial charge in [0, 0.05) is 35.9 Å². The van der Waals surface area contributed by atoms with Crippen LogP contribution in [0.4, 0.5) is 5.69 Å². The lowest BCUT2D eigenvalue weighted by Crippen LogP contribution is -2.26. The maximum atomic E-state index is 12.8. The highest BCUT2D eigenvalue weighted by atomic mass is 16.7. The zero-order chi connectivity index (χ0) is 24.0. The Morgan fingerprint density at radius 3 is 2.62 bits per heavy atom. The number of hydrogen-bond donors (Lipinski definition) is 2. The third kappa shape index (κ3) is 3.26. The molecule has 0 fully saturated rings. The van der Waals surface area contributed by atoms with E-state index in [0.717, 1.165) is 0 Å². The van der Waals surface area contributed by atoms with Crippen molar-refractivity contribution in [1.82, 2.24) is 4.57 Å². The Labute approximate surface area is 194 Å². The molecule has 0 aliphatic carbocycles. The van der Waals surface area contributed by atoms with Gasteiger partial charge in [-0.3, -0.25) is 4.79 Å². The standard InChI is InChI=1S/C24H22N2O8/c1-30-13-6-4-5-12(7-13)26-10-16(24(28)29)19-20(26)14(9-18(27)25-19)15-8-17(31-2)22-23(21(15)32-3)34-11-33-22/h4-8,10,14H,9,11H2,1-3H3,(H,25,27)(H,28,29)/t14-/m0/s1. The van der Waals surface area contributed by atoms with Gasteiger partial charge in [0.25, 0.3) is 0 Å². The van der Waals surface area contributed by atoms with E-state index in [1.807, 2.05) is 12.1 Å². The Morgan fingerprint density at radius 2 is 1.91 bits per heavy atom. The van der Waals surface area contributed by atoms with E-state index < -0.39 is 11.9 Å². The molecule has 3 aromatic rings. The average Bonchev–Trinajstić information content (AvgIpc) is 3.48. The molecule has 5 rings (SSSR count). The van der Waals surface area contributed by atoms with Gasteiger partial charge in [0.1, 0.15) is 11.3 Å². The van der Waals surface area contributed by atoms with E-state index in [-0.39, 0.29) is 30.4 Å². The van der Waals surface area contributed by atoms with Crippen LogP contribution in [0.3, 0.4) is 0 Å². The number of rotatable bonds is 6. The Kier molecular flexibility index (Phi) is 5.20. The van der Waals surface area contributed by atoms with E-state index in [4.69, 9.17) is 23.7 Å². The van der Waals surface area contributed by atoms with Gasteiger partial charge in [-0.25, -0.2) is 4.79 Å². The van der Waals surface area contributed by atoms with Crippen LogP contribution in [0, 0.1) is 0 Å². The molecule has 3 heterocycles. The molecule has 0 saturated heterocycles. The molecule has 34 heavy (non-hydrogen) atoms. The molecule has 2 N–H and O–H groups in total. The second kappa shape index (κ2) is 8.22. The van der Waals surface area contributed by atoms with Crippen LogP contribution < -0.4 is 29.0 Å². The molecule has 0 bridgehead atoms. The van der Waals surface area contributed by atoms with E-state index in [9.17, 15) is 14.7 Å². The van der Waals surface area contributed by atoms with E-state index in [0.29, 0.717) is 45.7 Å². The summed E-state index contributed by atoms with van der Waals surface area (Å²) >= 11 is 0. The largest absolute Gasteiger partial charge is 0.497 e. The highest BCUT2D eigenvalue weighted by Crippen LogP contribution is 2.54. The van der Waals surface area contributed by atoms with Gasteiger partial charge in [-0.1, -0.05) is 6.07 Å². The fourth-order valence-electron chi connectivity index (χ4n) is 4.52. The van der Waals surface area contributed by atoms with Crippen LogP contribution in [0.25, 0.3) is 5.69 Å². The molecule has 0 unspecified atom stereocenters. The monoisotopic (exact) mass is 466 g/mol. The summed E-state index contributed by atoms with van der Waals surface area (Å²) in [6, 6.07) is 8.96. The quantitative estimate of drug-likeness (QED) is 0.568. The van der Waals surface area contributed by atoms with Crippen LogP contribution in [0.5, 0.6) is 28.7 Å². The van der Waals surface area contributed by atoms with Gasteiger partial charge in [-0.15, -0.1) is 0 Å². The van der Waals surface area contributed by atoms with Crippen molar-refractivity contribution in [2.75, 3.05) is 33.4 Å². The minimum absolute atomic E-state index is 0.00522. The van der Waals surface area contributed by atoms with Gasteiger partial charge in [-0.2, -0.15) is 0 Å². The Balaban J connectivity index is 1.79. The number of fused-ring (bicyclic) bond motifs is 2. The summed E-state index contributed by atoms with van der Waals surface area (Å²) in [6.07, 6.45) is 1.55. The SMILES string of the molecule is COc1cccc(-n2cc(C(=O)O)c3c2[C@H](c2cc(OC)c4c(c2OC)OCO4)CC(=O)N3)c1. The first kappa shape index (κ1) is 21.5. The van der Waals surface area contributed by atoms with Crippen LogP contribution >= 0.6 is 0 Å². The number of aromatic nitrogens is 1. The lowest BCUT2D eigenvalue weighted by molar-refractivity contribution is -0.116.